The van der Waals surface area contributed by atoms with E-state index in [1.165, 1.54) is 0 Å². The molecule has 0 unspecified atom stereocenters. The lowest BCUT2D eigenvalue weighted by Crippen LogP contribution is -2.33. The van der Waals surface area contributed by atoms with E-state index in [2.05, 4.69) is 9.80 Å². The van der Waals surface area contributed by atoms with Crippen LogP contribution in [0, 0.1) is 0 Å². The Hall–Kier alpha value is -0.650. The van der Waals surface area contributed by atoms with E-state index < -0.39 is 0 Å². The van der Waals surface area contributed by atoms with Gasteiger partial charge in [-0.2, -0.15) is 0 Å². The third-order valence-corrected chi connectivity index (χ3v) is 3.03. The molecule has 0 aromatic rings. The second-order valence-corrected chi connectivity index (χ2v) is 4.32. The van der Waals surface area contributed by atoms with Crippen LogP contribution >= 0.6 is 0 Å². The normalized spacial score (nSPS) is 18.9. The molecule has 5 heteroatoms. The van der Waals surface area contributed by atoms with Gasteiger partial charge in [0.25, 0.3) is 0 Å². The van der Waals surface area contributed by atoms with E-state index in [4.69, 9.17) is 9.84 Å². The number of β-amino-alcohol motifs (C(OH)–C–C–N with tert-alkyl or cyclic N) is 1. The summed E-state index contributed by atoms with van der Waals surface area (Å²) in [6, 6.07) is 0. The van der Waals surface area contributed by atoms with Crippen LogP contribution in [0.1, 0.15) is 19.8 Å². The minimum absolute atomic E-state index is 0.107. The predicted octanol–water partition coefficient (Wildman–Crippen LogP) is -0.0604. The molecule has 17 heavy (non-hydrogen) atoms. The summed E-state index contributed by atoms with van der Waals surface area (Å²) in [4.78, 5) is 15.8. The number of aliphatic hydroxyl groups excluding tert-OH is 1. The molecule has 100 valence electrons. The van der Waals surface area contributed by atoms with Crippen molar-refractivity contribution in [1.29, 1.82) is 0 Å². The highest BCUT2D eigenvalue weighted by Gasteiger charge is 2.15. The van der Waals surface area contributed by atoms with Crippen LogP contribution in [0.5, 0.6) is 0 Å². The van der Waals surface area contributed by atoms with Crippen LogP contribution in [0.4, 0.5) is 0 Å². The maximum Gasteiger partial charge on any atom is 0.307 e. The van der Waals surface area contributed by atoms with E-state index in [0.717, 1.165) is 45.7 Å². The van der Waals surface area contributed by atoms with Gasteiger partial charge in [0, 0.05) is 26.2 Å². The van der Waals surface area contributed by atoms with E-state index in [1.807, 2.05) is 6.92 Å². The molecule has 0 spiro atoms. The Bertz CT molecular complexity index is 224. The molecule has 0 aromatic carbocycles. The number of carbonyl (C=O) groups is 1. The molecule has 1 aliphatic heterocycles. The van der Waals surface area contributed by atoms with Crippen molar-refractivity contribution in [2.75, 3.05) is 52.5 Å². The fourth-order valence-corrected chi connectivity index (χ4v) is 2.10. The molecule has 0 amide bonds. The van der Waals surface area contributed by atoms with E-state index in [1.54, 1.807) is 0 Å². The molecule has 1 aliphatic rings. The second kappa shape index (κ2) is 8.44. The number of rotatable bonds is 6. The Kier molecular flexibility index (Phi) is 7.16. The van der Waals surface area contributed by atoms with Gasteiger partial charge in [0.1, 0.15) is 0 Å². The molecule has 0 bridgehead atoms. The van der Waals surface area contributed by atoms with Crippen molar-refractivity contribution < 1.29 is 14.6 Å². The highest BCUT2D eigenvalue weighted by atomic mass is 16.5. The minimum atomic E-state index is -0.107. The molecule has 0 aromatic heterocycles. The zero-order chi connectivity index (χ0) is 12.5. The van der Waals surface area contributed by atoms with Gasteiger partial charge in [-0.05, 0) is 26.4 Å². The SMILES string of the molecule is CCOC(=O)CCN1CCCN(CCO)CC1. The van der Waals surface area contributed by atoms with Gasteiger partial charge in [-0.3, -0.25) is 9.69 Å². The number of carbonyl (C=O) groups excluding carboxylic acids is 1. The van der Waals surface area contributed by atoms with E-state index in [0.29, 0.717) is 13.0 Å². The predicted molar refractivity (Wildman–Crippen MR) is 65.8 cm³/mol. The minimum Gasteiger partial charge on any atom is -0.466 e. The van der Waals surface area contributed by atoms with Gasteiger partial charge in [0.05, 0.1) is 19.6 Å². The molecule has 1 rings (SSSR count). The summed E-state index contributed by atoms with van der Waals surface area (Å²) < 4.78 is 4.91. The third kappa shape index (κ3) is 6.00. The van der Waals surface area contributed by atoms with Crippen molar-refractivity contribution in [1.82, 2.24) is 9.80 Å². The summed E-state index contributed by atoms with van der Waals surface area (Å²) in [5.41, 5.74) is 0. The van der Waals surface area contributed by atoms with E-state index >= 15 is 0 Å². The Morgan fingerprint density at radius 1 is 1.18 bits per heavy atom. The van der Waals surface area contributed by atoms with Crippen molar-refractivity contribution in [3.8, 4) is 0 Å². The molecule has 1 N–H and O–H groups in total. The summed E-state index contributed by atoms with van der Waals surface area (Å²) in [6.45, 7) is 8.07. The van der Waals surface area contributed by atoms with Gasteiger partial charge in [-0.15, -0.1) is 0 Å². The average molecular weight is 244 g/mol. The third-order valence-electron chi connectivity index (χ3n) is 3.03. The Morgan fingerprint density at radius 2 is 1.82 bits per heavy atom. The monoisotopic (exact) mass is 244 g/mol. The van der Waals surface area contributed by atoms with Gasteiger partial charge in [-0.25, -0.2) is 0 Å². The van der Waals surface area contributed by atoms with Crippen LogP contribution in [0.15, 0.2) is 0 Å². The first-order valence-corrected chi connectivity index (χ1v) is 6.47. The summed E-state index contributed by atoms with van der Waals surface area (Å²) in [7, 11) is 0. The topological polar surface area (TPSA) is 53.0 Å². The first-order valence-electron chi connectivity index (χ1n) is 6.47. The van der Waals surface area contributed by atoms with Crippen molar-refractivity contribution in [2.24, 2.45) is 0 Å². The Balaban J connectivity index is 2.19. The van der Waals surface area contributed by atoms with Crippen LogP contribution in [0.3, 0.4) is 0 Å². The zero-order valence-corrected chi connectivity index (χ0v) is 10.7. The molecule has 1 fully saturated rings. The fourth-order valence-electron chi connectivity index (χ4n) is 2.10. The van der Waals surface area contributed by atoms with Crippen molar-refractivity contribution in [2.45, 2.75) is 19.8 Å². The first kappa shape index (κ1) is 14.4. The van der Waals surface area contributed by atoms with Crippen LogP contribution in [-0.4, -0.2) is 73.4 Å². The number of nitrogens with zero attached hydrogens (tertiary/aromatic N) is 2. The van der Waals surface area contributed by atoms with E-state index in [9.17, 15) is 4.79 Å². The first-order chi connectivity index (χ1) is 8.26. The summed E-state index contributed by atoms with van der Waals surface area (Å²) >= 11 is 0. The van der Waals surface area contributed by atoms with Gasteiger partial charge in [0.15, 0.2) is 0 Å². The highest BCUT2D eigenvalue weighted by molar-refractivity contribution is 5.69. The smallest absolute Gasteiger partial charge is 0.307 e. The molecule has 0 radical (unpaired) electrons. The molecular formula is C12H24N2O3. The van der Waals surface area contributed by atoms with Gasteiger partial charge in [0.2, 0.25) is 0 Å². The van der Waals surface area contributed by atoms with Gasteiger partial charge >= 0.3 is 5.97 Å². The summed E-state index contributed by atoms with van der Waals surface area (Å²) in [5, 5.41) is 8.89. The standard InChI is InChI=1S/C12H24N2O3/c1-2-17-12(16)4-7-13-5-3-6-14(9-8-13)10-11-15/h15H,2-11H2,1H3. The molecule has 0 saturated carbocycles. The maximum absolute atomic E-state index is 11.2. The van der Waals surface area contributed by atoms with Crippen molar-refractivity contribution in [3.05, 3.63) is 0 Å². The summed E-state index contributed by atoms with van der Waals surface area (Å²) in [5.74, 6) is -0.107. The quantitative estimate of drug-likeness (QED) is 0.663. The summed E-state index contributed by atoms with van der Waals surface area (Å²) in [6.07, 6.45) is 1.58. The highest BCUT2D eigenvalue weighted by Crippen LogP contribution is 2.03. The Morgan fingerprint density at radius 3 is 2.41 bits per heavy atom. The van der Waals surface area contributed by atoms with Crippen LogP contribution in [0.2, 0.25) is 0 Å². The lowest BCUT2D eigenvalue weighted by atomic mass is 10.3. The molecule has 1 heterocycles. The number of ether oxygens (including phenoxy) is 1. The van der Waals surface area contributed by atoms with Crippen molar-refractivity contribution in [3.63, 3.8) is 0 Å². The fraction of sp³-hybridized carbons (Fsp3) is 0.917. The molecule has 1 saturated heterocycles. The van der Waals surface area contributed by atoms with Crippen molar-refractivity contribution >= 4 is 5.97 Å². The van der Waals surface area contributed by atoms with Gasteiger partial charge in [-0.1, -0.05) is 0 Å². The number of esters is 1. The number of hydrogen-bond acceptors (Lipinski definition) is 5. The van der Waals surface area contributed by atoms with Gasteiger partial charge < -0.3 is 14.7 Å². The number of aliphatic hydroxyl groups is 1. The average Bonchev–Trinajstić information content (AvgIpc) is 2.53. The Labute approximate surface area is 103 Å². The zero-order valence-electron chi connectivity index (χ0n) is 10.7. The molecule has 0 aliphatic carbocycles. The lowest BCUT2D eigenvalue weighted by molar-refractivity contribution is -0.143. The molecule has 5 nitrogen and oxygen atoms in total. The second-order valence-electron chi connectivity index (χ2n) is 4.32. The lowest BCUT2D eigenvalue weighted by Gasteiger charge is -2.20. The molecular weight excluding hydrogens is 220 g/mol. The van der Waals surface area contributed by atoms with E-state index in [-0.39, 0.29) is 12.6 Å². The number of hydrogen-bond donors (Lipinski definition) is 1. The largest absolute Gasteiger partial charge is 0.466 e. The molecule has 0 atom stereocenters. The van der Waals surface area contributed by atoms with Crippen LogP contribution < -0.4 is 0 Å². The maximum atomic E-state index is 11.2. The van der Waals surface area contributed by atoms with Crippen LogP contribution in [-0.2, 0) is 9.53 Å². The van der Waals surface area contributed by atoms with Crippen LogP contribution in [0.25, 0.3) is 0 Å².